The first-order valence-corrected chi connectivity index (χ1v) is 9.49. The quantitative estimate of drug-likeness (QED) is 0.714. The first-order chi connectivity index (χ1) is 13.4. The molecule has 0 saturated heterocycles. The van der Waals surface area contributed by atoms with E-state index < -0.39 is 23.6 Å². The van der Waals surface area contributed by atoms with Gasteiger partial charge in [0.25, 0.3) is 0 Å². The molecule has 2 rings (SSSR count). The predicted octanol–water partition coefficient (Wildman–Crippen LogP) is 4.10. The average molecular weight is 409 g/mol. The van der Waals surface area contributed by atoms with Crippen LogP contribution in [0, 0.1) is 11.6 Å². The summed E-state index contributed by atoms with van der Waals surface area (Å²) in [7, 11) is 0. The van der Waals surface area contributed by atoms with Gasteiger partial charge in [0.2, 0.25) is 11.8 Å². The zero-order chi connectivity index (χ0) is 20.7. The van der Waals surface area contributed by atoms with Gasteiger partial charge in [-0.2, -0.15) is 0 Å². The van der Waals surface area contributed by atoms with Gasteiger partial charge in [-0.25, -0.2) is 8.78 Å². The van der Waals surface area contributed by atoms with E-state index in [4.69, 9.17) is 11.6 Å². The van der Waals surface area contributed by atoms with Gasteiger partial charge in [0.15, 0.2) is 0 Å². The Morgan fingerprint density at radius 1 is 1.11 bits per heavy atom. The summed E-state index contributed by atoms with van der Waals surface area (Å²) in [6, 6.07) is 9.16. The number of rotatable bonds is 8. The second-order valence-corrected chi connectivity index (χ2v) is 6.75. The number of carbonyl (C=O) groups is 2. The van der Waals surface area contributed by atoms with E-state index in [0.29, 0.717) is 18.5 Å². The van der Waals surface area contributed by atoms with Gasteiger partial charge in [0, 0.05) is 23.7 Å². The number of amides is 2. The third-order valence-electron chi connectivity index (χ3n) is 4.39. The summed E-state index contributed by atoms with van der Waals surface area (Å²) in [5.74, 6) is -1.70. The van der Waals surface area contributed by atoms with E-state index in [1.54, 1.807) is 26.0 Å². The molecule has 0 aliphatic rings. The molecule has 1 atom stereocenters. The lowest BCUT2D eigenvalue weighted by Gasteiger charge is -2.30. The Bertz CT molecular complexity index is 807. The zero-order valence-corrected chi connectivity index (χ0v) is 16.6. The van der Waals surface area contributed by atoms with Crippen molar-refractivity contribution < 1.29 is 18.4 Å². The Morgan fingerprint density at radius 2 is 1.79 bits per heavy atom. The van der Waals surface area contributed by atoms with Crippen LogP contribution < -0.4 is 5.32 Å². The molecule has 1 N–H and O–H groups in total. The van der Waals surface area contributed by atoms with Crippen LogP contribution in [0.4, 0.5) is 8.78 Å². The highest BCUT2D eigenvalue weighted by Crippen LogP contribution is 2.22. The first kappa shape index (κ1) is 21.8. The van der Waals surface area contributed by atoms with E-state index in [1.165, 1.54) is 35.2 Å². The molecule has 150 valence electrons. The third kappa shape index (κ3) is 5.52. The average Bonchev–Trinajstić information content (AvgIpc) is 2.66. The van der Waals surface area contributed by atoms with Crippen LogP contribution in [0.1, 0.15) is 31.4 Å². The van der Waals surface area contributed by atoms with E-state index in [-0.39, 0.29) is 29.5 Å². The van der Waals surface area contributed by atoms with Crippen LogP contribution in [0.2, 0.25) is 5.02 Å². The molecule has 2 amide bonds. The van der Waals surface area contributed by atoms with Crippen LogP contribution in [0.25, 0.3) is 0 Å². The van der Waals surface area contributed by atoms with E-state index >= 15 is 0 Å². The van der Waals surface area contributed by atoms with Crippen molar-refractivity contribution in [2.75, 3.05) is 6.54 Å². The second-order valence-electron chi connectivity index (χ2n) is 6.34. The van der Waals surface area contributed by atoms with E-state index in [9.17, 15) is 18.4 Å². The molecule has 0 spiro atoms. The molecular formula is C21H23ClF2N2O2. The van der Waals surface area contributed by atoms with Crippen LogP contribution in [-0.4, -0.2) is 29.3 Å². The molecule has 7 heteroatoms. The topological polar surface area (TPSA) is 49.4 Å². The molecule has 0 aliphatic carbocycles. The fourth-order valence-corrected chi connectivity index (χ4v) is 3.18. The Balaban J connectivity index is 2.33. The number of nitrogens with zero attached hydrogens (tertiary/aromatic N) is 1. The van der Waals surface area contributed by atoms with Crippen molar-refractivity contribution in [1.29, 1.82) is 0 Å². The molecular weight excluding hydrogens is 386 g/mol. The van der Waals surface area contributed by atoms with E-state index in [1.807, 2.05) is 0 Å². The summed E-state index contributed by atoms with van der Waals surface area (Å²) in [5.41, 5.74) is 0.751. The van der Waals surface area contributed by atoms with Crippen molar-refractivity contribution in [2.45, 2.75) is 39.3 Å². The molecule has 28 heavy (non-hydrogen) atoms. The van der Waals surface area contributed by atoms with Crippen molar-refractivity contribution in [3.63, 3.8) is 0 Å². The highest BCUT2D eigenvalue weighted by Gasteiger charge is 2.29. The molecule has 0 aliphatic heterocycles. The lowest BCUT2D eigenvalue weighted by Crippen LogP contribution is -2.49. The van der Waals surface area contributed by atoms with E-state index in [2.05, 4.69) is 5.32 Å². The monoisotopic (exact) mass is 408 g/mol. The minimum absolute atomic E-state index is 0.0871. The molecule has 0 fully saturated rings. The Kier molecular flexibility index (Phi) is 7.93. The summed E-state index contributed by atoms with van der Waals surface area (Å²) < 4.78 is 27.3. The summed E-state index contributed by atoms with van der Waals surface area (Å²) in [6.45, 7) is 4.10. The van der Waals surface area contributed by atoms with Gasteiger partial charge in [0.05, 0.1) is 6.42 Å². The Hall–Kier alpha value is -2.47. The SMILES string of the molecule is CCNC(=O)C(CC)N(Cc1ccc(F)cc1)C(=O)Cc1c(F)cccc1Cl. The maximum absolute atomic E-state index is 14.1. The highest BCUT2D eigenvalue weighted by atomic mass is 35.5. The molecule has 2 aromatic carbocycles. The van der Waals surface area contributed by atoms with Gasteiger partial charge >= 0.3 is 0 Å². The van der Waals surface area contributed by atoms with Crippen LogP contribution in [0.15, 0.2) is 42.5 Å². The van der Waals surface area contributed by atoms with Crippen molar-refractivity contribution in [3.8, 4) is 0 Å². The molecule has 4 nitrogen and oxygen atoms in total. The Morgan fingerprint density at radius 3 is 2.36 bits per heavy atom. The summed E-state index contributed by atoms with van der Waals surface area (Å²) >= 11 is 6.05. The normalized spacial score (nSPS) is 11.8. The van der Waals surface area contributed by atoms with E-state index in [0.717, 1.165) is 0 Å². The number of nitrogens with one attached hydrogen (secondary N) is 1. The van der Waals surface area contributed by atoms with Crippen LogP contribution in [0.5, 0.6) is 0 Å². The number of carbonyl (C=O) groups excluding carboxylic acids is 2. The molecule has 0 bridgehead atoms. The maximum atomic E-state index is 14.1. The molecule has 0 heterocycles. The summed E-state index contributed by atoms with van der Waals surface area (Å²) in [6.07, 6.45) is 0.104. The molecule has 0 aromatic heterocycles. The van der Waals surface area contributed by atoms with Gasteiger partial charge < -0.3 is 10.2 Å². The maximum Gasteiger partial charge on any atom is 0.242 e. The molecule has 0 saturated carbocycles. The lowest BCUT2D eigenvalue weighted by molar-refractivity contribution is -0.140. The van der Waals surface area contributed by atoms with Crippen molar-refractivity contribution in [1.82, 2.24) is 10.2 Å². The number of halogens is 3. The number of benzene rings is 2. The highest BCUT2D eigenvalue weighted by molar-refractivity contribution is 6.31. The van der Waals surface area contributed by atoms with Crippen molar-refractivity contribution >= 4 is 23.4 Å². The molecule has 0 radical (unpaired) electrons. The second kappa shape index (κ2) is 10.2. The largest absolute Gasteiger partial charge is 0.355 e. The third-order valence-corrected chi connectivity index (χ3v) is 4.75. The lowest BCUT2D eigenvalue weighted by atomic mass is 10.1. The zero-order valence-electron chi connectivity index (χ0n) is 15.8. The molecule has 1 unspecified atom stereocenters. The van der Waals surface area contributed by atoms with Crippen molar-refractivity contribution in [2.24, 2.45) is 0 Å². The minimum Gasteiger partial charge on any atom is -0.355 e. The number of hydrogen-bond donors (Lipinski definition) is 1. The van der Waals surface area contributed by atoms with Gasteiger partial charge in [-0.15, -0.1) is 0 Å². The van der Waals surface area contributed by atoms with Gasteiger partial charge in [-0.1, -0.05) is 36.7 Å². The van der Waals surface area contributed by atoms with Crippen molar-refractivity contribution in [3.05, 3.63) is 70.2 Å². The fraction of sp³-hybridized carbons (Fsp3) is 0.333. The number of likely N-dealkylation sites (N-methyl/N-ethyl adjacent to an activating group) is 1. The van der Waals surface area contributed by atoms with Gasteiger partial charge in [-0.05, 0) is 43.2 Å². The van der Waals surface area contributed by atoms with Crippen LogP contribution >= 0.6 is 11.6 Å². The fourth-order valence-electron chi connectivity index (χ4n) is 2.95. The predicted molar refractivity (Wildman–Crippen MR) is 105 cm³/mol. The summed E-state index contributed by atoms with van der Waals surface area (Å²) in [5, 5.41) is 2.87. The van der Waals surface area contributed by atoms with Gasteiger partial charge in [-0.3, -0.25) is 9.59 Å². The summed E-state index contributed by atoms with van der Waals surface area (Å²) in [4.78, 5) is 26.9. The number of hydrogen-bond acceptors (Lipinski definition) is 2. The van der Waals surface area contributed by atoms with Crippen LogP contribution in [-0.2, 0) is 22.6 Å². The van der Waals surface area contributed by atoms with Crippen LogP contribution in [0.3, 0.4) is 0 Å². The first-order valence-electron chi connectivity index (χ1n) is 9.11. The Labute approximate surface area is 168 Å². The standard InChI is InChI=1S/C21H23ClF2N2O2/c1-3-19(21(28)25-4-2)26(13-14-8-10-15(23)11-9-14)20(27)12-16-17(22)6-5-7-18(16)24/h5-11,19H,3-4,12-13H2,1-2H3,(H,25,28). The molecule has 2 aromatic rings. The minimum atomic E-state index is -0.733. The smallest absolute Gasteiger partial charge is 0.242 e. The van der Waals surface area contributed by atoms with Gasteiger partial charge in [0.1, 0.15) is 17.7 Å².